The average molecular weight is 102 g/mol. The second-order valence-electron chi connectivity index (χ2n) is 1.30. The lowest BCUT2D eigenvalue weighted by Crippen LogP contribution is -2.25. The molecule has 1 rings (SSSR count). The van der Waals surface area contributed by atoms with Gasteiger partial charge in [0.05, 0.1) is 6.54 Å². The van der Waals surface area contributed by atoms with Crippen LogP contribution in [0.4, 0.5) is 0 Å². The van der Waals surface area contributed by atoms with Crippen LogP contribution in [-0.2, 0) is 0 Å². The van der Waals surface area contributed by atoms with E-state index in [1.165, 1.54) is 6.21 Å². The van der Waals surface area contributed by atoms with Crippen LogP contribution in [0.5, 0.6) is 0 Å². The van der Waals surface area contributed by atoms with Crippen LogP contribution in [0.1, 0.15) is 0 Å². The van der Waals surface area contributed by atoms with Crippen LogP contribution in [0.15, 0.2) is 4.99 Å². The Morgan fingerprint density at radius 2 is 2.57 bits per heavy atom. The molecule has 0 aromatic rings. The highest BCUT2D eigenvalue weighted by atomic mass is 16.5. The highest BCUT2D eigenvalue weighted by molar-refractivity contribution is 5.61. The van der Waals surface area contributed by atoms with E-state index in [4.69, 9.17) is 10.3 Å². The van der Waals surface area contributed by atoms with Crippen LogP contribution in [0.3, 0.4) is 0 Å². The van der Waals surface area contributed by atoms with Gasteiger partial charge in [0.25, 0.3) is 0 Å². The molecular formula is C3H6N2O2. The molecule has 0 spiro atoms. The number of aliphatic hydroxyl groups excluding tert-OH is 1. The summed E-state index contributed by atoms with van der Waals surface area (Å²) in [4.78, 5) is 3.42. The number of hydrogen-bond donors (Lipinski definition) is 2. The molecule has 1 aliphatic rings. The van der Waals surface area contributed by atoms with Crippen molar-refractivity contribution in [2.24, 2.45) is 4.99 Å². The van der Waals surface area contributed by atoms with Crippen LogP contribution in [0, 0.1) is 0 Å². The normalized spacial score (nSPS) is 32.0. The third-order valence-electron chi connectivity index (χ3n) is 0.774. The van der Waals surface area contributed by atoms with Crippen molar-refractivity contribution in [1.29, 1.82) is 0 Å². The third kappa shape index (κ3) is 0.767. The first kappa shape index (κ1) is 4.70. The summed E-state index contributed by atoms with van der Waals surface area (Å²) in [6.07, 6.45) is 0.421. The molecule has 1 heterocycles. The molecule has 7 heavy (non-hydrogen) atoms. The molecule has 0 aliphatic carbocycles. The third-order valence-corrected chi connectivity index (χ3v) is 0.774. The first-order valence-electron chi connectivity index (χ1n) is 1.96. The van der Waals surface area contributed by atoms with Gasteiger partial charge in [0.15, 0.2) is 0 Å². The minimum absolute atomic E-state index is 0.321. The van der Waals surface area contributed by atoms with Gasteiger partial charge >= 0.3 is 0 Å². The van der Waals surface area contributed by atoms with Gasteiger partial charge in [-0.25, -0.2) is 4.99 Å². The predicted molar refractivity (Wildman–Crippen MR) is 23.0 cm³/mol. The molecule has 0 saturated carbocycles. The van der Waals surface area contributed by atoms with Crippen molar-refractivity contribution < 1.29 is 10.3 Å². The fourth-order valence-corrected chi connectivity index (χ4v) is 0.396. The smallest absolute Gasteiger partial charge is 0.226 e. The lowest BCUT2D eigenvalue weighted by Gasteiger charge is -2.06. The topological polar surface area (TPSA) is 56.1 Å². The van der Waals surface area contributed by atoms with E-state index in [0.717, 1.165) is 5.06 Å². The maximum absolute atomic E-state index is 8.48. The van der Waals surface area contributed by atoms with Gasteiger partial charge in [0.2, 0.25) is 6.35 Å². The highest BCUT2D eigenvalue weighted by Gasteiger charge is 2.13. The Kier molecular flexibility index (Phi) is 1.06. The predicted octanol–water partition coefficient (Wildman–Crippen LogP) is -0.962. The largest absolute Gasteiger partial charge is 0.358 e. The van der Waals surface area contributed by atoms with Gasteiger partial charge in [-0.2, -0.15) is 0 Å². The molecule has 1 aliphatic heterocycles. The molecule has 0 aromatic carbocycles. The zero-order chi connectivity index (χ0) is 5.28. The van der Waals surface area contributed by atoms with Gasteiger partial charge in [-0.1, -0.05) is 0 Å². The summed E-state index contributed by atoms with van der Waals surface area (Å²) in [6, 6.07) is 0. The van der Waals surface area contributed by atoms with Crippen molar-refractivity contribution in [3.05, 3.63) is 0 Å². The zero-order valence-electron chi connectivity index (χ0n) is 3.65. The Morgan fingerprint density at radius 3 is 2.71 bits per heavy atom. The second-order valence-corrected chi connectivity index (χ2v) is 1.30. The summed E-state index contributed by atoms with van der Waals surface area (Å²) in [6.45, 7) is 0.321. The fraction of sp³-hybridized carbons (Fsp3) is 0.667. The Hall–Kier alpha value is -0.450. The molecule has 0 amide bonds. The average Bonchev–Trinajstić information content (AvgIpc) is 1.91. The number of aliphatic hydroxyl groups is 1. The lowest BCUT2D eigenvalue weighted by atomic mass is 10.7. The van der Waals surface area contributed by atoms with Gasteiger partial charge in [-0.3, -0.25) is 0 Å². The lowest BCUT2D eigenvalue weighted by molar-refractivity contribution is -0.172. The van der Waals surface area contributed by atoms with Crippen molar-refractivity contribution in [2.45, 2.75) is 6.35 Å². The minimum Gasteiger partial charge on any atom is -0.358 e. The first-order valence-corrected chi connectivity index (χ1v) is 1.96. The molecule has 4 heteroatoms. The van der Waals surface area contributed by atoms with Crippen molar-refractivity contribution in [2.75, 3.05) is 6.54 Å². The van der Waals surface area contributed by atoms with E-state index < -0.39 is 6.35 Å². The molecule has 0 aromatic heterocycles. The second kappa shape index (κ2) is 1.57. The minimum atomic E-state index is -1.03. The van der Waals surface area contributed by atoms with Crippen molar-refractivity contribution >= 4 is 6.21 Å². The summed E-state index contributed by atoms with van der Waals surface area (Å²) in [5, 5.41) is 17.7. The van der Waals surface area contributed by atoms with Crippen LogP contribution in [0.25, 0.3) is 0 Å². The SMILES string of the molecule is OC1N=CCN1O. The summed E-state index contributed by atoms with van der Waals surface area (Å²) >= 11 is 0. The van der Waals surface area contributed by atoms with E-state index >= 15 is 0 Å². The Morgan fingerprint density at radius 1 is 1.86 bits per heavy atom. The zero-order valence-corrected chi connectivity index (χ0v) is 3.65. The summed E-state index contributed by atoms with van der Waals surface area (Å²) in [7, 11) is 0. The van der Waals surface area contributed by atoms with Crippen molar-refractivity contribution in [1.82, 2.24) is 5.06 Å². The standard InChI is InChI=1S/C3H6N2O2/c6-3-4-1-2-5(3)7/h1,3,6-7H,2H2. The van der Waals surface area contributed by atoms with E-state index in [9.17, 15) is 0 Å². The van der Waals surface area contributed by atoms with Crippen LogP contribution in [0.2, 0.25) is 0 Å². The highest BCUT2D eigenvalue weighted by Crippen LogP contribution is 1.96. The van der Waals surface area contributed by atoms with E-state index in [0.29, 0.717) is 6.54 Å². The molecule has 1 unspecified atom stereocenters. The summed E-state index contributed by atoms with van der Waals surface area (Å²) in [5.74, 6) is 0. The van der Waals surface area contributed by atoms with Crippen molar-refractivity contribution in [3.8, 4) is 0 Å². The van der Waals surface area contributed by atoms with Gasteiger partial charge in [0.1, 0.15) is 0 Å². The molecule has 0 saturated heterocycles. The van der Waals surface area contributed by atoms with E-state index in [-0.39, 0.29) is 0 Å². The molecular weight excluding hydrogens is 96.0 g/mol. The molecule has 40 valence electrons. The molecule has 4 nitrogen and oxygen atoms in total. The molecule has 1 atom stereocenters. The Bertz CT molecular complexity index is 92.9. The Labute approximate surface area is 40.7 Å². The maximum atomic E-state index is 8.48. The number of rotatable bonds is 0. The molecule has 0 fully saturated rings. The van der Waals surface area contributed by atoms with Crippen LogP contribution in [-0.4, -0.2) is 34.5 Å². The molecule has 0 radical (unpaired) electrons. The maximum Gasteiger partial charge on any atom is 0.226 e. The number of aliphatic imine (C=N–C) groups is 1. The van der Waals surface area contributed by atoms with Gasteiger partial charge < -0.3 is 10.3 Å². The fourth-order valence-electron chi connectivity index (χ4n) is 0.396. The molecule has 0 bridgehead atoms. The van der Waals surface area contributed by atoms with Crippen molar-refractivity contribution in [3.63, 3.8) is 0 Å². The van der Waals surface area contributed by atoms with Gasteiger partial charge in [-0.15, -0.1) is 5.06 Å². The number of hydrogen-bond acceptors (Lipinski definition) is 4. The number of hydroxylamine groups is 2. The van der Waals surface area contributed by atoms with Crippen LogP contribution < -0.4 is 0 Å². The summed E-state index contributed by atoms with van der Waals surface area (Å²) < 4.78 is 0. The van der Waals surface area contributed by atoms with E-state index in [1.807, 2.05) is 0 Å². The summed E-state index contributed by atoms with van der Waals surface area (Å²) in [5.41, 5.74) is 0. The van der Waals surface area contributed by atoms with Gasteiger partial charge in [0, 0.05) is 6.21 Å². The quantitative estimate of drug-likeness (QED) is 0.414. The van der Waals surface area contributed by atoms with E-state index in [1.54, 1.807) is 0 Å². The van der Waals surface area contributed by atoms with Gasteiger partial charge in [-0.05, 0) is 0 Å². The number of nitrogens with zero attached hydrogens (tertiary/aromatic N) is 2. The van der Waals surface area contributed by atoms with Crippen LogP contribution >= 0.6 is 0 Å². The monoisotopic (exact) mass is 102 g/mol. The first-order chi connectivity index (χ1) is 3.30. The molecule has 2 N–H and O–H groups in total. The Balaban J connectivity index is 2.45. The van der Waals surface area contributed by atoms with E-state index in [2.05, 4.69) is 4.99 Å².